The van der Waals surface area contributed by atoms with E-state index in [0.717, 1.165) is 18.4 Å². The van der Waals surface area contributed by atoms with Crippen LogP contribution in [0.4, 0.5) is 0 Å². The predicted octanol–water partition coefficient (Wildman–Crippen LogP) is 3.20. The van der Waals surface area contributed by atoms with Crippen molar-refractivity contribution in [3.05, 3.63) is 35.2 Å². The molecule has 0 saturated carbocycles. The van der Waals surface area contributed by atoms with Crippen molar-refractivity contribution in [3.8, 4) is 11.4 Å². The zero-order chi connectivity index (χ0) is 14.4. The van der Waals surface area contributed by atoms with Gasteiger partial charge in [-0.05, 0) is 30.7 Å². The van der Waals surface area contributed by atoms with Gasteiger partial charge in [0.05, 0.1) is 6.54 Å². The van der Waals surface area contributed by atoms with Crippen molar-refractivity contribution < 1.29 is 9.32 Å². The van der Waals surface area contributed by atoms with Crippen LogP contribution in [-0.2, 0) is 11.3 Å². The van der Waals surface area contributed by atoms with Gasteiger partial charge in [0.1, 0.15) is 0 Å². The number of benzene rings is 1. The first-order valence-corrected chi connectivity index (χ1v) is 6.92. The van der Waals surface area contributed by atoms with E-state index in [9.17, 15) is 4.79 Å². The third-order valence-electron chi connectivity index (χ3n) is 2.76. The number of carbonyl (C=O) groups excluding carboxylic acids is 1. The van der Waals surface area contributed by atoms with E-state index in [1.54, 1.807) is 12.1 Å². The highest BCUT2D eigenvalue weighted by atomic mass is 35.5. The Balaban J connectivity index is 1.92. The Bertz CT molecular complexity index is 566. The number of nitrogens with zero attached hydrogens (tertiary/aromatic N) is 2. The molecular formula is C14H16ClN3O2. The molecule has 0 atom stereocenters. The van der Waals surface area contributed by atoms with Gasteiger partial charge in [0.15, 0.2) is 0 Å². The highest BCUT2D eigenvalue weighted by molar-refractivity contribution is 6.30. The van der Waals surface area contributed by atoms with Crippen LogP contribution in [0.3, 0.4) is 0 Å². The summed E-state index contributed by atoms with van der Waals surface area (Å²) in [5, 5.41) is 7.28. The molecule has 1 N–H and O–H groups in total. The van der Waals surface area contributed by atoms with Gasteiger partial charge in [0.25, 0.3) is 0 Å². The van der Waals surface area contributed by atoms with Crippen LogP contribution in [0.5, 0.6) is 0 Å². The minimum absolute atomic E-state index is 0.00177. The highest BCUT2D eigenvalue weighted by Gasteiger charge is 2.09. The molecular weight excluding hydrogens is 278 g/mol. The maximum absolute atomic E-state index is 11.5. The summed E-state index contributed by atoms with van der Waals surface area (Å²) in [6.07, 6.45) is 2.40. The van der Waals surface area contributed by atoms with E-state index in [1.807, 2.05) is 19.1 Å². The Morgan fingerprint density at radius 2 is 2.10 bits per heavy atom. The van der Waals surface area contributed by atoms with Crippen molar-refractivity contribution in [1.82, 2.24) is 15.5 Å². The fourth-order valence-electron chi connectivity index (χ4n) is 1.64. The number of nitrogens with one attached hydrogen (secondary N) is 1. The molecule has 20 heavy (non-hydrogen) atoms. The minimum Gasteiger partial charge on any atom is -0.347 e. The molecule has 0 bridgehead atoms. The lowest BCUT2D eigenvalue weighted by Gasteiger charge is -2.00. The topological polar surface area (TPSA) is 68.0 Å². The molecule has 5 nitrogen and oxygen atoms in total. The summed E-state index contributed by atoms with van der Waals surface area (Å²) in [6, 6.07) is 7.16. The summed E-state index contributed by atoms with van der Waals surface area (Å²) in [5.74, 6) is 0.873. The molecule has 6 heteroatoms. The van der Waals surface area contributed by atoms with Gasteiger partial charge >= 0.3 is 0 Å². The van der Waals surface area contributed by atoms with E-state index in [4.69, 9.17) is 16.1 Å². The lowest BCUT2D eigenvalue weighted by Crippen LogP contribution is -2.22. The van der Waals surface area contributed by atoms with Crippen LogP contribution in [0, 0.1) is 0 Å². The number of amides is 1. The number of carbonyl (C=O) groups is 1. The van der Waals surface area contributed by atoms with Gasteiger partial charge in [0.2, 0.25) is 17.6 Å². The molecule has 106 valence electrons. The molecule has 0 saturated heterocycles. The largest absolute Gasteiger partial charge is 0.347 e. The molecule has 0 fully saturated rings. The zero-order valence-corrected chi connectivity index (χ0v) is 12.0. The first-order chi connectivity index (χ1) is 9.69. The molecule has 0 spiro atoms. The number of unbranched alkanes of at least 4 members (excludes halogenated alkanes) is 1. The Labute approximate surface area is 122 Å². The van der Waals surface area contributed by atoms with Crippen molar-refractivity contribution in [1.29, 1.82) is 0 Å². The number of halogens is 1. The first-order valence-electron chi connectivity index (χ1n) is 6.54. The summed E-state index contributed by atoms with van der Waals surface area (Å²) in [5.41, 5.74) is 0.821. The normalized spacial score (nSPS) is 10.5. The summed E-state index contributed by atoms with van der Waals surface area (Å²) in [6.45, 7) is 2.30. The molecule has 0 radical (unpaired) electrons. The molecule has 1 aromatic carbocycles. The van der Waals surface area contributed by atoms with Gasteiger partial charge in [-0.2, -0.15) is 4.98 Å². The van der Waals surface area contributed by atoms with Gasteiger partial charge in [0, 0.05) is 17.0 Å². The maximum atomic E-state index is 11.5. The second kappa shape index (κ2) is 7.05. The summed E-state index contributed by atoms with van der Waals surface area (Å²) < 4.78 is 5.10. The molecule has 2 rings (SSSR count). The maximum Gasteiger partial charge on any atom is 0.246 e. The summed E-state index contributed by atoms with van der Waals surface area (Å²) in [4.78, 5) is 15.7. The average molecular weight is 294 g/mol. The third-order valence-corrected chi connectivity index (χ3v) is 3.02. The van der Waals surface area contributed by atoms with E-state index in [1.165, 1.54) is 0 Å². The fraction of sp³-hybridized carbons (Fsp3) is 0.357. The van der Waals surface area contributed by atoms with Crippen LogP contribution in [0.15, 0.2) is 28.8 Å². The molecule has 0 unspecified atom stereocenters. The fourth-order valence-corrected chi connectivity index (χ4v) is 1.77. The van der Waals surface area contributed by atoms with Crippen molar-refractivity contribution in [2.75, 3.05) is 0 Å². The number of hydrogen-bond acceptors (Lipinski definition) is 4. The lowest BCUT2D eigenvalue weighted by atomic mass is 10.2. The Kier molecular flexibility index (Phi) is 5.12. The quantitative estimate of drug-likeness (QED) is 0.888. The zero-order valence-electron chi connectivity index (χ0n) is 11.2. The second-order valence-corrected chi connectivity index (χ2v) is 4.84. The van der Waals surface area contributed by atoms with Gasteiger partial charge in [-0.3, -0.25) is 4.79 Å². The van der Waals surface area contributed by atoms with E-state index in [-0.39, 0.29) is 12.5 Å². The molecule has 1 aromatic heterocycles. The van der Waals surface area contributed by atoms with Crippen LogP contribution < -0.4 is 5.32 Å². The van der Waals surface area contributed by atoms with Crippen molar-refractivity contribution in [2.45, 2.75) is 32.7 Å². The number of hydrogen-bond donors (Lipinski definition) is 1. The smallest absolute Gasteiger partial charge is 0.246 e. The van der Waals surface area contributed by atoms with Gasteiger partial charge in [-0.1, -0.05) is 30.1 Å². The summed E-state index contributed by atoms with van der Waals surface area (Å²) >= 11 is 5.82. The van der Waals surface area contributed by atoms with Crippen LogP contribution in [0.2, 0.25) is 5.02 Å². The van der Waals surface area contributed by atoms with Gasteiger partial charge in [-0.15, -0.1) is 0 Å². The first kappa shape index (κ1) is 14.5. The second-order valence-electron chi connectivity index (χ2n) is 4.40. The molecule has 0 aliphatic heterocycles. The highest BCUT2D eigenvalue weighted by Crippen LogP contribution is 2.18. The minimum atomic E-state index is -0.00177. The monoisotopic (exact) mass is 293 g/mol. The molecule has 1 amide bonds. The van der Waals surface area contributed by atoms with Crippen LogP contribution in [-0.4, -0.2) is 16.0 Å². The number of rotatable bonds is 6. The van der Waals surface area contributed by atoms with Crippen molar-refractivity contribution in [2.24, 2.45) is 0 Å². The Hall–Kier alpha value is -1.88. The molecule has 1 heterocycles. The number of aromatic nitrogens is 2. The van der Waals surface area contributed by atoms with Gasteiger partial charge < -0.3 is 9.84 Å². The molecule has 0 aliphatic carbocycles. The molecule has 2 aromatic rings. The van der Waals surface area contributed by atoms with Crippen molar-refractivity contribution >= 4 is 17.5 Å². The van der Waals surface area contributed by atoms with E-state index < -0.39 is 0 Å². The SMILES string of the molecule is CCCCC(=O)NCc1nc(-c2ccc(Cl)cc2)no1. The average Bonchev–Trinajstić information content (AvgIpc) is 2.92. The van der Waals surface area contributed by atoms with Crippen LogP contribution in [0.1, 0.15) is 32.1 Å². The summed E-state index contributed by atoms with van der Waals surface area (Å²) in [7, 11) is 0. The molecule has 0 aliphatic rings. The van der Waals surface area contributed by atoms with E-state index in [2.05, 4.69) is 15.5 Å². The van der Waals surface area contributed by atoms with Crippen LogP contribution in [0.25, 0.3) is 11.4 Å². The predicted molar refractivity (Wildman–Crippen MR) is 76.1 cm³/mol. The third kappa shape index (κ3) is 4.06. The standard InChI is InChI=1S/C14H16ClN3O2/c1-2-3-4-12(19)16-9-13-17-14(18-20-13)10-5-7-11(15)8-6-10/h5-8H,2-4,9H2,1H3,(H,16,19). The van der Waals surface area contributed by atoms with Crippen molar-refractivity contribution in [3.63, 3.8) is 0 Å². The Morgan fingerprint density at radius 1 is 1.35 bits per heavy atom. The lowest BCUT2D eigenvalue weighted by molar-refractivity contribution is -0.121. The van der Waals surface area contributed by atoms with Crippen LogP contribution >= 0.6 is 11.6 Å². The van der Waals surface area contributed by atoms with Gasteiger partial charge in [-0.25, -0.2) is 0 Å². The van der Waals surface area contributed by atoms with E-state index in [0.29, 0.717) is 23.2 Å². The Morgan fingerprint density at radius 3 is 2.80 bits per heavy atom. The van der Waals surface area contributed by atoms with E-state index >= 15 is 0 Å².